The standard InChI is InChI=1S/C7H12.C5H8/c1-3-5-7-6-4-2;1-2-4-5-3-1/h3-4H,1-2,5-7H2;1-2H,3-5H2. The fourth-order valence-electron chi connectivity index (χ4n) is 0.996. The molecular weight excluding hydrogens is 144 g/mol. The first-order valence-corrected chi connectivity index (χ1v) is 4.78. The molecule has 1 aliphatic rings. The van der Waals surface area contributed by atoms with Gasteiger partial charge in [0.25, 0.3) is 0 Å². The summed E-state index contributed by atoms with van der Waals surface area (Å²) in [5.41, 5.74) is 0. The molecule has 1 rings (SSSR count). The van der Waals surface area contributed by atoms with Crippen molar-refractivity contribution < 1.29 is 0 Å². The van der Waals surface area contributed by atoms with E-state index < -0.39 is 0 Å². The van der Waals surface area contributed by atoms with Crippen molar-refractivity contribution in [2.24, 2.45) is 0 Å². The lowest BCUT2D eigenvalue weighted by Crippen LogP contribution is -1.64. The Morgan fingerprint density at radius 3 is 1.75 bits per heavy atom. The number of hydrogen-bond acceptors (Lipinski definition) is 0. The van der Waals surface area contributed by atoms with Crippen molar-refractivity contribution >= 4 is 0 Å². The van der Waals surface area contributed by atoms with Crippen molar-refractivity contribution in [3.05, 3.63) is 37.5 Å². The van der Waals surface area contributed by atoms with Gasteiger partial charge in [-0.15, -0.1) is 13.2 Å². The largest absolute Gasteiger partial charge is 0.103 e. The summed E-state index contributed by atoms with van der Waals surface area (Å²) in [7, 11) is 0. The molecule has 0 saturated carbocycles. The smallest absolute Gasteiger partial charge is 0.0348 e. The number of hydrogen-bond donors (Lipinski definition) is 0. The second-order valence-electron chi connectivity index (χ2n) is 2.91. The topological polar surface area (TPSA) is 0 Å². The molecule has 1 aliphatic carbocycles. The molecule has 0 fully saturated rings. The molecule has 0 aliphatic heterocycles. The van der Waals surface area contributed by atoms with Gasteiger partial charge >= 0.3 is 0 Å². The van der Waals surface area contributed by atoms with Gasteiger partial charge in [0, 0.05) is 0 Å². The number of rotatable bonds is 4. The number of unbranched alkanes of at least 4 members (excludes halogenated alkanes) is 2. The van der Waals surface area contributed by atoms with Crippen molar-refractivity contribution in [3.8, 4) is 0 Å². The van der Waals surface area contributed by atoms with E-state index in [1.807, 2.05) is 12.2 Å². The van der Waals surface area contributed by atoms with Crippen LogP contribution in [0.15, 0.2) is 37.5 Å². The Kier molecular flexibility index (Phi) is 9.56. The molecule has 0 heterocycles. The van der Waals surface area contributed by atoms with Crippen molar-refractivity contribution in [1.82, 2.24) is 0 Å². The molecule has 0 aromatic rings. The molecule has 0 bridgehead atoms. The summed E-state index contributed by atoms with van der Waals surface area (Å²) in [5, 5.41) is 0. The Morgan fingerprint density at radius 2 is 1.50 bits per heavy atom. The maximum Gasteiger partial charge on any atom is -0.0348 e. The van der Waals surface area contributed by atoms with E-state index in [1.165, 1.54) is 25.7 Å². The van der Waals surface area contributed by atoms with Crippen LogP contribution in [0.3, 0.4) is 0 Å². The SMILES string of the molecule is C1=CCCC1.C=CCCCC=C. The van der Waals surface area contributed by atoms with Gasteiger partial charge in [0.05, 0.1) is 0 Å². The van der Waals surface area contributed by atoms with E-state index in [-0.39, 0.29) is 0 Å². The Morgan fingerprint density at radius 1 is 1.00 bits per heavy atom. The van der Waals surface area contributed by atoms with Gasteiger partial charge in [0.2, 0.25) is 0 Å². The molecule has 0 saturated heterocycles. The minimum atomic E-state index is 1.12. The van der Waals surface area contributed by atoms with E-state index >= 15 is 0 Å². The van der Waals surface area contributed by atoms with Crippen LogP contribution in [0.4, 0.5) is 0 Å². The molecule has 0 nitrogen and oxygen atoms in total. The van der Waals surface area contributed by atoms with E-state index in [2.05, 4.69) is 25.3 Å². The summed E-state index contributed by atoms with van der Waals surface area (Å²) in [6, 6.07) is 0. The first kappa shape index (κ1) is 11.2. The van der Waals surface area contributed by atoms with Crippen LogP contribution in [0.2, 0.25) is 0 Å². The molecule has 0 aromatic heterocycles. The summed E-state index contributed by atoms with van der Waals surface area (Å²) < 4.78 is 0. The average Bonchev–Trinajstić information content (AvgIpc) is 2.62. The van der Waals surface area contributed by atoms with Crippen LogP contribution in [0.25, 0.3) is 0 Å². The Balaban J connectivity index is 0.000000211. The van der Waals surface area contributed by atoms with E-state index in [1.54, 1.807) is 0 Å². The van der Waals surface area contributed by atoms with Crippen LogP contribution in [-0.4, -0.2) is 0 Å². The van der Waals surface area contributed by atoms with E-state index in [4.69, 9.17) is 0 Å². The fraction of sp³-hybridized carbons (Fsp3) is 0.500. The van der Waals surface area contributed by atoms with Gasteiger partial charge in [-0.25, -0.2) is 0 Å². The highest BCUT2D eigenvalue weighted by molar-refractivity contribution is 4.88. The van der Waals surface area contributed by atoms with Crippen LogP contribution in [-0.2, 0) is 0 Å². The highest BCUT2D eigenvalue weighted by atomic mass is 13.9. The van der Waals surface area contributed by atoms with E-state index in [9.17, 15) is 0 Å². The first-order valence-electron chi connectivity index (χ1n) is 4.78. The second-order valence-corrected chi connectivity index (χ2v) is 2.91. The molecule has 0 atom stereocenters. The van der Waals surface area contributed by atoms with E-state index in [0.29, 0.717) is 0 Å². The van der Waals surface area contributed by atoms with Crippen LogP contribution in [0.5, 0.6) is 0 Å². The highest BCUT2D eigenvalue weighted by Gasteiger charge is 1.84. The van der Waals surface area contributed by atoms with Crippen molar-refractivity contribution in [2.45, 2.75) is 38.5 Å². The summed E-state index contributed by atoms with van der Waals surface area (Å²) in [5.74, 6) is 0. The Hall–Kier alpha value is -0.780. The summed E-state index contributed by atoms with van der Waals surface area (Å²) >= 11 is 0. The number of allylic oxidation sites excluding steroid dienone is 4. The third-order valence-electron chi connectivity index (χ3n) is 1.72. The molecule has 0 unspecified atom stereocenters. The molecule has 0 aromatic carbocycles. The van der Waals surface area contributed by atoms with Crippen molar-refractivity contribution in [2.75, 3.05) is 0 Å². The second kappa shape index (κ2) is 10.2. The summed E-state index contributed by atoms with van der Waals surface area (Å²) in [4.78, 5) is 0. The van der Waals surface area contributed by atoms with Gasteiger partial charge in [-0.2, -0.15) is 0 Å². The van der Waals surface area contributed by atoms with Gasteiger partial charge in [0.1, 0.15) is 0 Å². The van der Waals surface area contributed by atoms with Gasteiger partial charge in [-0.1, -0.05) is 24.3 Å². The van der Waals surface area contributed by atoms with E-state index in [0.717, 1.165) is 12.8 Å². The van der Waals surface area contributed by atoms with Crippen LogP contribution < -0.4 is 0 Å². The molecule has 0 N–H and O–H groups in total. The lowest BCUT2D eigenvalue weighted by atomic mass is 10.2. The summed E-state index contributed by atoms with van der Waals surface area (Å²) in [6.07, 6.45) is 15.8. The lowest BCUT2D eigenvalue weighted by molar-refractivity contribution is 0.871. The van der Waals surface area contributed by atoms with Crippen molar-refractivity contribution in [3.63, 3.8) is 0 Å². The third-order valence-corrected chi connectivity index (χ3v) is 1.72. The van der Waals surface area contributed by atoms with Gasteiger partial charge in [-0.3, -0.25) is 0 Å². The molecular formula is C12H20. The molecule has 0 spiro atoms. The molecule has 0 heteroatoms. The molecule has 68 valence electrons. The quantitative estimate of drug-likeness (QED) is 0.430. The predicted molar refractivity (Wildman–Crippen MR) is 57.2 cm³/mol. The van der Waals surface area contributed by atoms with Gasteiger partial charge in [0.15, 0.2) is 0 Å². The average molecular weight is 164 g/mol. The maximum atomic E-state index is 3.60. The zero-order valence-electron chi connectivity index (χ0n) is 7.97. The zero-order chi connectivity index (χ0) is 9.07. The van der Waals surface area contributed by atoms with Crippen LogP contribution in [0.1, 0.15) is 38.5 Å². The minimum Gasteiger partial charge on any atom is -0.103 e. The molecule has 0 radical (unpaired) electrons. The van der Waals surface area contributed by atoms with Crippen molar-refractivity contribution in [1.29, 1.82) is 0 Å². The zero-order valence-corrected chi connectivity index (χ0v) is 7.97. The Labute approximate surface area is 76.7 Å². The minimum absolute atomic E-state index is 1.12. The Bertz CT molecular complexity index is 117. The normalized spacial score (nSPS) is 13.3. The first-order chi connectivity index (χ1) is 5.91. The molecule has 12 heavy (non-hydrogen) atoms. The summed E-state index contributed by atoms with van der Waals surface area (Å²) in [6.45, 7) is 7.20. The van der Waals surface area contributed by atoms with Gasteiger partial charge < -0.3 is 0 Å². The van der Waals surface area contributed by atoms with Gasteiger partial charge in [-0.05, 0) is 38.5 Å². The monoisotopic (exact) mass is 164 g/mol. The third kappa shape index (κ3) is 9.22. The predicted octanol–water partition coefficient (Wildman–Crippen LogP) is 4.26. The highest BCUT2D eigenvalue weighted by Crippen LogP contribution is 2.05. The maximum absolute atomic E-state index is 3.60. The fourth-order valence-corrected chi connectivity index (χ4v) is 0.996. The van der Waals surface area contributed by atoms with Crippen LogP contribution in [0, 0.1) is 0 Å². The molecule has 0 amide bonds. The van der Waals surface area contributed by atoms with Crippen LogP contribution >= 0.6 is 0 Å². The lowest BCUT2D eigenvalue weighted by Gasteiger charge is -1.84.